The van der Waals surface area contributed by atoms with Crippen molar-refractivity contribution in [1.82, 2.24) is 10.3 Å². The van der Waals surface area contributed by atoms with Gasteiger partial charge in [-0.1, -0.05) is 6.92 Å². The zero-order chi connectivity index (χ0) is 13.9. The number of oxazole rings is 1. The number of rotatable bonds is 3. The summed E-state index contributed by atoms with van der Waals surface area (Å²) in [5.74, 6) is 0.860. The number of aryl methyl sites for hydroxylation is 1. The van der Waals surface area contributed by atoms with Gasteiger partial charge in [0.1, 0.15) is 5.52 Å². The Kier molecular flexibility index (Phi) is 5.20. The molecule has 2 heterocycles. The van der Waals surface area contributed by atoms with Crippen molar-refractivity contribution in [1.29, 1.82) is 0 Å². The summed E-state index contributed by atoms with van der Waals surface area (Å²) in [5.41, 5.74) is 2.34. The summed E-state index contributed by atoms with van der Waals surface area (Å²) in [7, 11) is 0. The van der Waals surface area contributed by atoms with Crippen LogP contribution in [-0.4, -0.2) is 24.0 Å². The minimum absolute atomic E-state index is 0. The number of amides is 1. The van der Waals surface area contributed by atoms with E-state index < -0.39 is 0 Å². The topological polar surface area (TPSA) is 67.2 Å². The highest BCUT2D eigenvalue weighted by Crippen LogP contribution is 2.21. The highest BCUT2D eigenvalue weighted by Gasteiger charge is 2.21. The number of nitrogens with zero attached hydrogens (tertiary/aromatic N) is 1. The van der Waals surface area contributed by atoms with E-state index >= 15 is 0 Å². The second-order valence-corrected chi connectivity index (χ2v) is 5.18. The summed E-state index contributed by atoms with van der Waals surface area (Å²) in [6.07, 6.45) is 2.77. The number of halogens is 1. The fourth-order valence-electron chi connectivity index (χ4n) is 2.52. The number of nitrogens with one attached hydrogen (secondary N) is 2. The molecule has 6 heteroatoms. The van der Waals surface area contributed by atoms with Crippen molar-refractivity contribution in [2.45, 2.75) is 26.2 Å². The second kappa shape index (κ2) is 6.91. The molecule has 1 atom stereocenters. The molecule has 1 amide bonds. The van der Waals surface area contributed by atoms with E-state index in [9.17, 15) is 4.79 Å². The minimum atomic E-state index is 0. The van der Waals surface area contributed by atoms with Crippen LogP contribution in [0.1, 0.15) is 25.7 Å². The van der Waals surface area contributed by atoms with Gasteiger partial charge in [0.15, 0.2) is 11.5 Å². The van der Waals surface area contributed by atoms with Crippen LogP contribution in [0.25, 0.3) is 11.1 Å². The molecule has 2 aromatic rings. The molecule has 1 aromatic carbocycles. The first-order valence-electron chi connectivity index (χ1n) is 7.17. The van der Waals surface area contributed by atoms with Gasteiger partial charge in [0.05, 0.1) is 5.92 Å². The minimum Gasteiger partial charge on any atom is -0.441 e. The number of hydrogen-bond acceptors (Lipinski definition) is 4. The maximum atomic E-state index is 12.2. The number of carbonyl (C=O) groups excluding carboxylic acids is 1. The van der Waals surface area contributed by atoms with Crippen LogP contribution in [0, 0.1) is 5.92 Å². The van der Waals surface area contributed by atoms with Gasteiger partial charge >= 0.3 is 0 Å². The van der Waals surface area contributed by atoms with Crippen LogP contribution in [0.2, 0.25) is 0 Å². The highest BCUT2D eigenvalue weighted by atomic mass is 35.5. The molecule has 1 fully saturated rings. The normalized spacial score (nSPS) is 18.2. The van der Waals surface area contributed by atoms with E-state index in [-0.39, 0.29) is 24.2 Å². The first-order valence-corrected chi connectivity index (χ1v) is 7.17. The third-order valence-electron chi connectivity index (χ3n) is 3.67. The number of hydrogen-bond donors (Lipinski definition) is 2. The first kappa shape index (κ1) is 15.8. The first-order chi connectivity index (χ1) is 9.76. The van der Waals surface area contributed by atoms with E-state index in [4.69, 9.17) is 4.42 Å². The van der Waals surface area contributed by atoms with Gasteiger partial charge in [-0.2, -0.15) is 0 Å². The number of benzene rings is 1. The lowest BCUT2D eigenvalue weighted by molar-refractivity contribution is -0.120. The summed E-state index contributed by atoms with van der Waals surface area (Å²) in [6, 6.07) is 5.59. The molecule has 2 N–H and O–H groups in total. The van der Waals surface area contributed by atoms with Gasteiger partial charge < -0.3 is 15.1 Å². The molecule has 0 radical (unpaired) electrons. The zero-order valence-electron chi connectivity index (χ0n) is 12.0. The molecule has 0 spiro atoms. The summed E-state index contributed by atoms with van der Waals surface area (Å²) < 4.78 is 5.56. The Hall–Kier alpha value is -1.59. The molecule has 1 saturated heterocycles. The predicted molar refractivity (Wildman–Crippen MR) is 84.9 cm³/mol. The Morgan fingerprint density at radius 3 is 3.10 bits per heavy atom. The van der Waals surface area contributed by atoms with Gasteiger partial charge in [0.2, 0.25) is 5.91 Å². The molecule has 1 aliphatic heterocycles. The average molecular weight is 310 g/mol. The van der Waals surface area contributed by atoms with Crippen molar-refractivity contribution < 1.29 is 9.21 Å². The van der Waals surface area contributed by atoms with Crippen LogP contribution in [0.3, 0.4) is 0 Å². The third kappa shape index (κ3) is 3.54. The monoisotopic (exact) mass is 309 g/mol. The van der Waals surface area contributed by atoms with E-state index in [0.717, 1.165) is 55.0 Å². The van der Waals surface area contributed by atoms with E-state index in [0.29, 0.717) is 0 Å². The Labute approximate surface area is 129 Å². The van der Waals surface area contributed by atoms with Crippen molar-refractivity contribution >= 4 is 35.1 Å². The van der Waals surface area contributed by atoms with E-state index in [1.54, 1.807) is 0 Å². The Balaban J connectivity index is 0.00000161. The smallest absolute Gasteiger partial charge is 0.228 e. The lowest BCUT2D eigenvalue weighted by Gasteiger charge is -2.21. The van der Waals surface area contributed by atoms with Crippen LogP contribution in [0.5, 0.6) is 0 Å². The molecule has 0 aliphatic carbocycles. The number of aromatic nitrogens is 1. The maximum absolute atomic E-state index is 12.2. The summed E-state index contributed by atoms with van der Waals surface area (Å²) in [5, 5.41) is 6.22. The standard InChI is InChI=1S/C15H19N3O2.ClH/c1-2-14-18-12-8-11(5-6-13(12)20-14)17-15(19)10-4-3-7-16-9-10;/h5-6,8,10,16H,2-4,7,9H2,1H3,(H,17,19);1H. The van der Waals surface area contributed by atoms with Crippen LogP contribution in [-0.2, 0) is 11.2 Å². The van der Waals surface area contributed by atoms with E-state index in [1.165, 1.54) is 0 Å². The van der Waals surface area contributed by atoms with Crippen LogP contribution < -0.4 is 10.6 Å². The molecular formula is C15H20ClN3O2. The molecular weight excluding hydrogens is 290 g/mol. The zero-order valence-corrected chi connectivity index (χ0v) is 12.8. The van der Waals surface area contributed by atoms with Crippen LogP contribution in [0.4, 0.5) is 5.69 Å². The van der Waals surface area contributed by atoms with Crippen molar-refractivity contribution in [3.8, 4) is 0 Å². The van der Waals surface area contributed by atoms with Gasteiger partial charge in [-0.15, -0.1) is 12.4 Å². The Bertz CT molecular complexity index is 620. The van der Waals surface area contributed by atoms with Gasteiger partial charge in [0, 0.05) is 18.7 Å². The van der Waals surface area contributed by atoms with Crippen molar-refractivity contribution in [2.24, 2.45) is 5.92 Å². The number of carbonyl (C=O) groups is 1. The molecule has 3 rings (SSSR count). The molecule has 5 nitrogen and oxygen atoms in total. The van der Waals surface area contributed by atoms with E-state index in [1.807, 2.05) is 25.1 Å². The highest BCUT2D eigenvalue weighted by molar-refractivity contribution is 5.94. The summed E-state index contributed by atoms with van der Waals surface area (Å²) >= 11 is 0. The average Bonchev–Trinajstić information content (AvgIpc) is 2.90. The van der Waals surface area contributed by atoms with Gasteiger partial charge in [-0.25, -0.2) is 4.98 Å². The summed E-state index contributed by atoms with van der Waals surface area (Å²) in [6.45, 7) is 3.77. The molecule has 114 valence electrons. The summed E-state index contributed by atoms with van der Waals surface area (Å²) in [4.78, 5) is 16.6. The predicted octanol–water partition coefficient (Wildman–Crippen LogP) is 2.75. The molecule has 0 saturated carbocycles. The SMILES string of the molecule is CCc1nc2cc(NC(=O)C3CCCNC3)ccc2o1.Cl. The van der Waals surface area contributed by atoms with Crippen molar-refractivity contribution in [3.05, 3.63) is 24.1 Å². The van der Waals surface area contributed by atoms with Crippen molar-refractivity contribution in [2.75, 3.05) is 18.4 Å². The van der Waals surface area contributed by atoms with Gasteiger partial charge in [0.25, 0.3) is 0 Å². The van der Waals surface area contributed by atoms with Gasteiger partial charge in [-0.05, 0) is 37.6 Å². The number of anilines is 1. The quantitative estimate of drug-likeness (QED) is 0.915. The maximum Gasteiger partial charge on any atom is 0.228 e. The van der Waals surface area contributed by atoms with E-state index in [2.05, 4.69) is 15.6 Å². The third-order valence-corrected chi connectivity index (χ3v) is 3.67. The van der Waals surface area contributed by atoms with Gasteiger partial charge in [-0.3, -0.25) is 4.79 Å². The molecule has 1 aliphatic rings. The van der Waals surface area contributed by atoms with Crippen molar-refractivity contribution in [3.63, 3.8) is 0 Å². The van der Waals surface area contributed by atoms with Crippen LogP contribution in [0.15, 0.2) is 22.6 Å². The molecule has 1 aromatic heterocycles. The molecule has 21 heavy (non-hydrogen) atoms. The molecule has 1 unspecified atom stereocenters. The van der Waals surface area contributed by atoms with Crippen LogP contribution >= 0.6 is 12.4 Å². The number of piperidine rings is 1. The lowest BCUT2D eigenvalue weighted by atomic mass is 9.99. The Morgan fingerprint density at radius 2 is 2.38 bits per heavy atom. The largest absolute Gasteiger partial charge is 0.441 e. The fourth-order valence-corrected chi connectivity index (χ4v) is 2.52. The number of fused-ring (bicyclic) bond motifs is 1. The molecule has 0 bridgehead atoms. The fraction of sp³-hybridized carbons (Fsp3) is 0.467. The Morgan fingerprint density at radius 1 is 1.52 bits per heavy atom. The lowest BCUT2D eigenvalue weighted by Crippen LogP contribution is -2.37. The second-order valence-electron chi connectivity index (χ2n) is 5.18.